The van der Waals surface area contributed by atoms with Crippen LogP contribution in [-0.2, 0) is 35.0 Å². The van der Waals surface area contributed by atoms with Crippen LogP contribution in [0, 0.1) is 16.0 Å². The summed E-state index contributed by atoms with van der Waals surface area (Å²) in [6, 6.07) is 12.4. The maximum atomic E-state index is 13.6. The average molecular weight is 600 g/mol. The second-order valence-electron chi connectivity index (χ2n) is 9.72. The molecular formula is C25H34N3O10PS. The number of carbonyl (C=O) groups is 1. The number of rotatable bonds is 14. The van der Waals surface area contributed by atoms with E-state index in [1.807, 2.05) is 6.07 Å². The van der Waals surface area contributed by atoms with Crippen LogP contribution < -0.4 is 5.32 Å². The minimum atomic E-state index is -4.23. The molecule has 2 aromatic rings. The third-order valence-electron chi connectivity index (χ3n) is 6.10. The molecule has 0 aromatic heterocycles. The molecule has 0 radical (unpaired) electrons. The fourth-order valence-corrected chi connectivity index (χ4v) is 6.34. The number of carbonyl (C=O) groups excluding carboxylic acids is 1. The van der Waals surface area contributed by atoms with Crippen LogP contribution in [0.3, 0.4) is 0 Å². The Hall–Kier alpha value is -2.87. The van der Waals surface area contributed by atoms with E-state index >= 15 is 0 Å². The van der Waals surface area contributed by atoms with Gasteiger partial charge in [-0.25, -0.2) is 13.2 Å². The largest absolute Gasteiger partial charge is 0.444 e. The Morgan fingerprint density at radius 3 is 2.42 bits per heavy atom. The smallest absolute Gasteiger partial charge is 0.407 e. The van der Waals surface area contributed by atoms with Gasteiger partial charge in [-0.15, -0.1) is 0 Å². The zero-order valence-electron chi connectivity index (χ0n) is 22.2. The van der Waals surface area contributed by atoms with Gasteiger partial charge in [-0.3, -0.25) is 14.7 Å². The van der Waals surface area contributed by atoms with Crippen molar-refractivity contribution in [3.05, 3.63) is 70.3 Å². The summed E-state index contributed by atoms with van der Waals surface area (Å²) in [4.78, 5) is 32.7. The van der Waals surface area contributed by atoms with Crippen LogP contribution in [0.5, 0.6) is 0 Å². The molecule has 1 fully saturated rings. The number of sulfonamides is 1. The number of nitro groups is 1. The summed E-state index contributed by atoms with van der Waals surface area (Å²) < 4.78 is 56.3. The van der Waals surface area contributed by atoms with E-state index in [0.717, 1.165) is 34.1 Å². The lowest BCUT2D eigenvalue weighted by Crippen LogP contribution is -2.52. The third kappa shape index (κ3) is 9.36. The molecule has 0 saturated carbocycles. The van der Waals surface area contributed by atoms with Crippen molar-refractivity contribution in [2.45, 2.75) is 49.8 Å². The number of nitrogens with zero attached hydrogens (tertiary/aromatic N) is 2. The zero-order valence-corrected chi connectivity index (χ0v) is 24.0. The van der Waals surface area contributed by atoms with Crippen LogP contribution in [-0.4, -0.2) is 73.2 Å². The van der Waals surface area contributed by atoms with Gasteiger partial charge in [-0.2, -0.15) is 4.31 Å². The molecule has 0 bridgehead atoms. The molecule has 220 valence electrons. The molecule has 13 nitrogen and oxygen atoms in total. The lowest BCUT2D eigenvalue weighted by Gasteiger charge is -2.32. The number of amides is 1. The van der Waals surface area contributed by atoms with E-state index < -0.39 is 54.1 Å². The summed E-state index contributed by atoms with van der Waals surface area (Å²) in [6.45, 7) is 3.91. The Bertz CT molecular complexity index is 1260. The number of non-ortho nitro benzene ring substituents is 1. The Morgan fingerprint density at radius 1 is 1.20 bits per heavy atom. The molecule has 1 aliphatic rings. The van der Waals surface area contributed by atoms with Gasteiger partial charge in [0, 0.05) is 31.6 Å². The van der Waals surface area contributed by atoms with Crippen LogP contribution in [0.2, 0.25) is 0 Å². The molecule has 0 aliphatic carbocycles. The first-order chi connectivity index (χ1) is 19.0. The molecule has 1 saturated heterocycles. The Kier molecular flexibility index (Phi) is 11.6. The number of nitro benzene ring substituents is 1. The van der Waals surface area contributed by atoms with Crippen molar-refractivity contribution >= 4 is 30.1 Å². The Balaban J connectivity index is 1.93. The lowest BCUT2D eigenvalue weighted by atomic mass is 10.0. The Morgan fingerprint density at radius 2 is 1.88 bits per heavy atom. The van der Waals surface area contributed by atoms with Crippen molar-refractivity contribution in [3.63, 3.8) is 0 Å². The van der Waals surface area contributed by atoms with Crippen molar-refractivity contribution in [1.82, 2.24) is 9.62 Å². The maximum absolute atomic E-state index is 13.6. The minimum absolute atomic E-state index is 0.00740. The number of hydrogen-bond donors (Lipinski definition) is 2. The van der Waals surface area contributed by atoms with E-state index in [0.29, 0.717) is 13.0 Å². The highest BCUT2D eigenvalue weighted by molar-refractivity contribution is 7.89. The number of benzene rings is 2. The molecular weight excluding hydrogens is 565 g/mol. The van der Waals surface area contributed by atoms with Crippen LogP contribution >= 0.6 is 8.25 Å². The normalized spacial score (nSPS) is 17.9. The quantitative estimate of drug-likeness (QED) is 0.186. The second kappa shape index (κ2) is 14.7. The molecule has 15 heteroatoms. The molecule has 40 heavy (non-hydrogen) atoms. The van der Waals surface area contributed by atoms with Crippen LogP contribution in [0.4, 0.5) is 10.5 Å². The van der Waals surface area contributed by atoms with Gasteiger partial charge >= 0.3 is 14.3 Å². The fraction of sp³-hybridized carbons (Fsp3) is 0.480. The standard InChI is InChI=1S/C25H34N3O10PS/c1-18(2)15-27(40(34,35)22-10-8-20(9-11-22)28(30)31)16-24(38-39(32)33)23(14-19-6-4-3-5-7-19)26-25(29)37-21-12-13-36-17-21/h3-11,18,21,23-24,39H,12-17H2,1-2H3,(H,26,29)(H,32,33)/t21-,23?,24+/m0/s1. The van der Waals surface area contributed by atoms with Crippen LogP contribution in [0.25, 0.3) is 0 Å². The minimum Gasteiger partial charge on any atom is -0.444 e. The molecule has 3 rings (SSSR count). The highest BCUT2D eigenvalue weighted by Gasteiger charge is 2.35. The van der Waals surface area contributed by atoms with Crippen molar-refractivity contribution in [1.29, 1.82) is 0 Å². The first kappa shape index (κ1) is 31.7. The molecule has 2 aromatic carbocycles. The van der Waals surface area contributed by atoms with Gasteiger partial charge in [0.25, 0.3) is 5.69 Å². The first-order valence-corrected chi connectivity index (χ1v) is 15.4. The number of hydrogen-bond acceptors (Lipinski definition) is 9. The molecule has 2 unspecified atom stereocenters. The van der Waals surface area contributed by atoms with Gasteiger partial charge in [0.1, 0.15) is 12.2 Å². The predicted molar refractivity (Wildman–Crippen MR) is 146 cm³/mol. The highest BCUT2D eigenvalue weighted by atomic mass is 32.2. The average Bonchev–Trinajstić information content (AvgIpc) is 3.40. The summed E-state index contributed by atoms with van der Waals surface area (Å²) in [5.41, 5.74) is 0.490. The van der Waals surface area contributed by atoms with E-state index in [1.54, 1.807) is 38.1 Å². The summed E-state index contributed by atoms with van der Waals surface area (Å²) in [5.74, 6) is -0.160. The van der Waals surface area contributed by atoms with Crippen molar-refractivity contribution in [3.8, 4) is 0 Å². The Labute approximate surface area is 233 Å². The van der Waals surface area contributed by atoms with Crippen molar-refractivity contribution in [2.24, 2.45) is 5.92 Å². The van der Waals surface area contributed by atoms with Gasteiger partial charge in [0.2, 0.25) is 10.0 Å². The summed E-state index contributed by atoms with van der Waals surface area (Å²) in [6.07, 6.45) is -1.83. The van der Waals surface area contributed by atoms with E-state index in [2.05, 4.69) is 5.32 Å². The van der Waals surface area contributed by atoms with E-state index in [-0.39, 0.29) is 36.1 Å². The molecule has 1 heterocycles. The molecule has 1 aliphatic heterocycles. The van der Waals surface area contributed by atoms with E-state index in [9.17, 15) is 32.8 Å². The number of ether oxygens (including phenoxy) is 2. The maximum Gasteiger partial charge on any atom is 0.407 e. The fourth-order valence-electron chi connectivity index (χ4n) is 4.23. The summed E-state index contributed by atoms with van der Waals surface area (Å²) >= 11 is 0. The topological polar surface area (TPSA) is 175 Å². The predicted octanol–water partition coefficient (Wildman–Crippen LogP) is 3.14. The first-order valence-electron chi connectivity index (χ1n) is 12.7. The van der Waals surface area contributed by atoms with Gasteiger partial charge in [-0.1, -0.05) is 44.2 Å². The van der Waals surface area contributed by atoms with Gasteiger partial charge < -0.3 is 24.2 Å². The second-order valence-corrected chi connectivity index (χ2v) is 12.4. The number of alkyl carbamates (subject to hydrolysis) is 1. The number of nitrogens with one attached hydrogen (secondary N) is 1. The SMILES string of the molecule is CC(C)CN(C[C@@H](O[PH](=O)O)C(Cc1ccccc1)NC(=O)O[C@H]1CCOC1)S(=O)(=O)c1ccc([N+](=O)[O-])cc1. The molecule has 0 spiro atoms. The van der Waals surface area contributed by atoms with Gasteiger partial charge in [0.05, 0.1) is 29.1 Å². The summed E-state index contributed by atoms with van der Waals surface area (Å²) in [5, 5.41) is 13.7. The van der Waals surface area contributed by atoms with Crippen molar-refractivity contribution in [2.75, 3.05) is 26.3 Å². The zero-order chi connectivity index (χ0) is 29.3. The molecule has 2 N–H and O–H groups in total. The molecule has 1 amide bonds. The van der Waals surface area contributed by atoms with Gasteiger partial charge in [0.15, 0.2) is 0 Å². The van der Waals surface area contributed by atoms with E-state index in [4.69, 9.17) is 14.0 Å². The van der Waals surface area contributed by atoms with E-state index in [1.165, 1.54) is 0 Å². The van der Waals surface area contributed by atoms with Crippen LogP contribution in [0.15, 0.2) is 59.5 Å². The van der Waals surface area contributed by atoms with Crippen molar-refractivity contribution < 1.29 is 41.6 Å². The monoisotopic (exact) mass is 599 g/mol. The lowest BCUT2D eigenvalue weighted by molar-refractivity contribution is -0.384. The van der Waals surface area contributed by atoms with Crippen LogP contribution in [0.1, 0.15) is 25.8 Å². The molecule has 4 atom stereocenters. The van der Waals surface area contributed by atoms with Gasteiger partial charge in [-0.05, 0) is 30.0 Å². The third-order valence-corrected chi connectivity index (χ3v) is 8.45. The highest BCUT2D eigenvalue weighted by Crippen LogP contribution is 2.26. The summed E-state index contributed by atoms with van der Waals surface area (Å²) in [7, 11) is -7.81.